The fourth-order valence-corrected chi connectivity index (χ4v) is 4.80. The van der Waals surface area contributed by atoms with Crippen LogP contribution in [0.4, 0.5) is 0 Å². The number of methoxy groups -OCH3 is 1. The van der Waals surface area contributed by atoms with E-state index in [0.717, 1.165) is 24.4 Å². The summed E-state index contributed by atoms with van der Waals surface area (Å²) in [5.41, 5.74) is 0.872. The van der Waals surface area contributed by atoms with Crippen LogP contribution < -0.4 is 4.74 Å². The van der Waals surface area contributed by atoms with E-state index in [9.17, 15) is 4.79 Å². The van der Waals surface area contributed by atoms with Gasteiger partial charge in [-0.1, -0.05) is 67.3 Å². The van der Waals surface area contributed by atoms with Crippen molar-refractivity contribution >= 4 is 51.9 Å². The zero-order valence-electron chi connectivity index (χ0n) is 13.6. The molecule has 1 heterocycles. The molecule has 0 spiro atoms. The number of hydrogen-bond acceptors (Lipinski definition) is 4. The maximum Gasteiger partial charge on any atom is 0.266 e. The zero-order chi connectivity index (χ0) is 17.1. The highest BCUT2D eigenvalue weighted by Gasteiger charge is 2.32. The van der Waals surface area contributed by atoms with E-state index in [0.29, 0.717) is 20.0 Å². The molecule has 1 saturated carbocycles. The molecule has 1 aromatic rings. The summed E-state index contributed by atoms with van der Waals surface area (Å²) in [6.45, 7) is 0.732. The molecule has 6 heteroatoms. The minimum absolute atomic E-state index is 0.00920. The summed E-state index contributed by atoms with van der Waals surface area (Å²) in [6.07, 6.45) is 8.11. The lowest BCUT2D eigenvalue weighted by atomic mass is 10.0. The number of thioether (sulfide) groups is 1. The summed E-state index contributed by atoms with van der Waals surface area (Å²) in [6, 6.07) is 5.48. The van der Waals surface area contributed by atoms with E-state index in [1.807, 2.05) is 12.1 Å². The number of carbonyl (C=O) groups is 1. The van der Waals surface area contributed by atoms with Crippen LogP contribution in [0, 0.1) is 5.92 Å². The topological polar surface area (TPSA) is 29.5 Å². The number of ether oxygens (including phenoxy) is 1. The molecular formula is C18H20ClNO2S2. The Balaban J connectivity index is 1.69. The molecule has 0 radical (unpaired) electrons. The third-order valence-corrected chi connectivity index (χ3v) is 6.26. The van der Waals surface area contributed by atoms with Gasteiger partial charge in [-0.3, -0.25) is 9.69 Å². The predicted octanol–water partition coefficient (Wildman–Crippen LogP) is 5.13. The summed E-state index contributed by atoms with van der Waals surface area (Å²) in [7, 11) is 1.58. The molecule has 1 saturated heterocycles. The first kappa shape index (κ1) is 17.8. The van der Waals surface area contributed by atoms with Gasteiger partial charge >= 0.3 is 0 Å². The molecule has 24 heavy (non-hydrogen) atoms. The molecule has 0 bridgehead atoms. The van der Waals surface area contributed by atoms with E-state index in [1.165, 1.54) is 37.4 Å². The van der Waals surface area contributed by atoms with Crippen LogP contribution in [0.15, 0.2) is 23.1 Å². The van der Waals surface area contributed by atoms with Crippen molar-refractivity contribution in [3.05, 3.63) is 33.7 Å². The van der Waals surface area contributed by atoms with Crippen LogP contribution in [0.3, 0.4) is 0 Å². The number of halogens is 1. The first-order valence-electron chi connectivity index (χ1n) is 8.17. The van der Waals surface area contributed by atoms with Gasteiger partial charge in [0.15, 0.2) is 0 Å². The van der Waals surface area contributed by atoms with Crippen LogP contribution in [-0.4, -0.2) is 28.8 Å². The highest BCUT2D eigenvalue weighted by atomic mass is 35.5. The minimum atomic E-state index is 0.00920. The fraction of sp³-hybridized carbons (Fsp3) is 0.444. The maximum absolute atomic E-state index is 12.6. The molecule has 128 valence electrons. The Hall–Kier alpha value is -1.04. The normalized spacial score (nSPS) is 20.4. The largest absolute Gasteiger partial charge is 0.495 e. The van der Waals surface area contributed by atoms with E-state index in [1.54, 1.807) is 24.1 Å². The summed E-state index contributed by atoms with van der Waals surface area (Å²) >= 11 is 12.9. The molecule has 0 unspecified atom stereocenters. The van der Waals surface area contributed by atoms with Crippen molar-refractivity contribution in [3.63, 3.8) is 0 Å². The first-order valence-corrected chi connectivity index (χ1v) is 9.77. The van der Waals surface area contributed by atoms with Gasteiger partial charge in [0.05, 0.1) is 17.0 Å². The van der Waals surface area contributed by atoms with Crippen LogP contribution in [0.2, 0.25) is 5.02 Å². The van der Waals surface area contributed by atoms with E-state index < -0.39 is 0 Å². The molecule has 2 fully saturated rings. The van der Waals surface area contributed by atoms with Crippen LogP contribution in [0.25, 0.3) is 6.08 Å². The molecule has 3 rings (SSSR count). The molecule has 1 aromatic carbocycles. The van der Waals surface area contributed by atoms with E-state index in [-0.39, 0.29) is 5.91 Å². The molecule has 3 nitrogen and oxygen atoms in total. The Morgan fingerprint density at radius 2 is 2.17 bits per heavy atom. The van der Waals surface area contributed by atoms with E-state index in [4.69, 9.17) is 28.6 Å². The lowest BCUT2D eigenvalue weighted by molar-refractivity contribution is -0.122. The SMILES string of the molecule is COc1ccc(C=C2SC(=S)N(CCC3CCCC3)C2=O)cc1Cl. The lowest BCUT2D eigenvalue weighted by Crippen LogP contribution is -2.30. The molecular weight excluding hydrogens is 362 g/mol. The van der Waals surface area contributed by atoms with Gasteiger partial charge in [0, 0.05) is 6.54 Å². The van der Waals surface area contributed by atoms with Crippen molar-refractivity contribution in [2.24, 2.45) is 5.92 Å². The van der Waals surface area contributed by atoms with Crippen LogP contribution in [0.5, 0.6) is 5.75 Å². The Kier molecular flexibility index (Phi) is 5.85. The van der Waals surface area contributed by atoms with Gasteiger partial charge in [-0.15, -0.1) is 0 Å². The predicted molar refractivity (Wildman–Crippen MR) is 104 cm³/mol. The van der Waals surface area contributed by atoms with Gasteiger partial charge < -0.3 is 4.74 Å². The maximum atomic E-state index is 12.6. The third-order valence-electron chi connectivity index (χ3n) is 4.58. The molecule has 1 aliphatic heterocycles. The highest BCUT2D eigenvalue weighted by Crippen LogP contribution is 2.35. The number of amides is 1. The number of nitrogens with zero attached hydrogens (tertiary/aromatic N) is 1. The van der Waals surface area contributed by atoms with Gasteiger partial charge in [0.25, 0.3) is 5.91 Å². The monoisotopic (exact) mass is 381 g/mol. The number of carbonyl (C=O) groups excluding carboxylic acids is 1. The van der Waals surface area contributed by atoms with Crippen molar-refractivity contribution in [1.29, 1.82) is 0 Å². The highest BCUT2D eigenvalue weighted by molar-refractivity contribution is 8.26. The second-order valence-corrected chi connectivity index (χ2v) is 8.25. The first-order chi connectivity index (χ1) is 11.6. The standard InChI is InChI=1S/C18H20ClNO2S2/c1-22-15-7-6-13(10-14(15)19)11-16-17(21)20(18(23)24-16)9-8-12-4-2-3-5-12/h6-7,10-12H,2-5,8-9H2,1H3. The van der Waals surface area contributed by atoms with Gasteiger partial charge in [0.1, 0.15) is 10.1 Å². The third kappa shape index (κ3) is 3.95. The number of hydrogen-bond donors (Lipinski definition) is 0. The van der Waals surface area contributed by atoms with Crippen molar-refractivity contribution in [2.75, 3.05) is 13.7 Å². The molecule has 0 N–H and O–H groups in total. The minimum Gasteiger partial charge on any atom is -0.495 e. The van der Waals surface area contributed by atoms with Crippen molar-refractivity contribution in [1.82, 2.24) is 4.90 Å². The molecule has 2 aliphatic rings. The number of benzene rings is 1. The Morgan fingerprint density at radius 1 is 1.42 bits per heavy atom. The molecule has 0 atom stereocenters. The Morgan fingerprint density at radius 3 is 2.83 bits per heavy atom. The smallest absolute Gasteiger partial charge is 0.266 e. The summed E-state index contributed by atoms with van der Waals surface area (Å²) in [4.78, 5) is 15.0. The average molecular weight is 382 g/mol. The zero-order valence-corrected chi connectivity index (χ0v) is 16.0. The quantitative estimate of drug-likeness (QED) is 0.522. The van der Waals surface area contributed by atoms with Crippen molar-refractivity contribution in [2.45, 2.75) is 32.1 Å². The molecule has 1 amide bonds. The second-order valence-electron chi connectivity index (χ2n) is 6.17. The average Bonchev–Trinajstić information content (AvgIpc) is 3.15. The lowest BCUT2D eigenvalue weighted by Gasteiger charge is -2.17. The number of thiocarbonyl (C=S) groups is 1. The number of rotatable bonds is 5. The summed E-state index contributed by atoms with van der Waals surface area (Å²) in [5.74, 6) is 1.38. The Bertz CT molecular complexity index is 684. The van der Waals surface area contributed by atoms with Crippen LogP contribution >= 0.6 is 35.6 Å². The van der Waals surface area contributed by atoms with Crippen LogP contribution in [0.1, 0.15) is 37.7 Å². The van der Waals surface area contributed by atoms with Gasteiger partial charge in [-0.2, -0.15) is 0 Å². The summed E-state index contributed by atoms with van der Waals surface area (Å²) in [5, 5.41) is 0.531. The fourth-order valence-electron chi connectivity index (χ4n) is 3.23. The van der Waals surface area contributed by atoms with Crippen LogP contribution in [-0.2, 0) is 4.79 Å². The Labute approximate surface area is 157 Å². The van der Waals surface area contributed by atoms with Gasteiger partial charge in [0.2, 0.25) is 0 Å². The molecule has 0 aromatic heterocycles. The summed E-state index contributed by atoms with van der Waals surface area (Å²) < 4.78 is 5.81. The van der Waals surface area contributed by atoms with E-state index >= 15 is 0 Å². The second kappa shape index (κ2) is 7.89. The van der Waals surface area contributed by atoms with Crippen molar-refractivity contribution in [3.8, 4) is 5.75 Å². The molecule has 1 aliphatic carbocycles. The van der Waals surface area contributed by atoms with Gasteiger partial charge in [-0.25, -0.2) is 0 Å². The van der Waals surface area contributed by atoms with Gasteiger partial charge in [-0.05, 0) is 36.1 Å². The van der Waals surface area contributed by atoms with E-state index in [2.05, 4.69) is 0 Å². The van der Waals surface area contributed by atoms with Crippen molar-refractivity contribution < 1.29 is 9.53 Å².